The zero-order valence-corrected chi connectivity index (χ0v) is 12.2. The highest BCUT2D eigenvalue weighted by atomic mass is 79.9. The number of benzene rings is 1. The summed E-state index contributed by atoms with van der Waals surface area (Å²) in [6.45, 7) is 0.878. The first kappa shape index (κ1) is 13.4. The minimum Gasteiger partial charge on any atom is -0.372 e. The highest BCUT2D eigenvalue weighted by Crippen LogP contribution is 2.28. The maximum Gasteiger partial charge on any atom is 0.0922 e. The molecule has 0 N–H and O–H groups in total. The van der Waals surface area contributed by atoms with Crippen LogP contribution in [0.4, 0.5) is 0 Å². The molecule has 0 heterocycles. The first-order valence-corrected chi connectivity index (χ1v) is 7.72. The third kappa shape index (κ3) is 3.97. The van der Waals surface area contributed by atoms with Crippen molar-refractivity contribution in [3.63, 3.8) is 0 Å². The summed E-state index contributed by atoms with van der Waals surface area (Å²) in [6, 6.07) is 7.94. The van der Waals surface area contributed by atoms with E-state index in [-0.39, 0.29) is 6.10 Å². The molecule has 0 saturated heterocycles. The van der Waals surface area contributed by atoms with Gasteiger partial charge in [0.1, 0.15) is 0 Å². The van der Waals surface area contributed by atoms with Crippen molar-refractivity contribution in [2.75, 3.05) is 11.9 Å². The molecular formula is C14H18BrClO. The Bertz CT molecular complexity index is 350. The van der Waals surface area contributed by atoms with Crippen LogP contribution in [0.5, 0.6) is 0 Å². The van der Waals surface area contributed by atoms with Crippen molar-refractivity contribution in [2.45, 2.75) is 31.8 Å². The molecule has 1 nitrogen and oxygen atoms in total. The van der Waals surface area contributed by atoms with E-state index < -0.39 is 0 Å². The lowest BCUT2D eigenvalue weighted by Gasteiger charge is -2.18. The molecule has 0 radical (unpaired) electrons. The Morgan fingerprint density at radius 2 is 2.12 bits per heavy atom. The van der Waals surface area contributed by atoms with E-state index in [1.807, 2.05) is 18.2 Å². The monoisotopic (exact) mass is 316 g/mol. The van der Waals surface area contributed by atoms with Gasteiger partial charge in [-0.2, -0.15) is 0 Å². The molecule has 0 aromatic heterocycles. The fraction of sp³-hybridized carbons (Fsp3) is 0.571. The molecular weight excluding hydrogens is 300 g/mol. The lowest BCUT2D eigenvalue weighted by atomic mass is 10.1. The van der Waals surface area contributed by atoms with Gasteiger partial charge in [0.2, 0.25) is 0 Å². The summed E-state index contributed by atoms with van der Waals surface area (Å²) in [5.74, 6) is 0.760. The second-order valence-electron chi connectivity index (χ2n) is 4.68. The number of halogens is 2. The van der Waals surface area contributed by atoms with Gasteiger partial charge in [-0.15, -0.1) is 0 Å². The molecule has 0 aliphatic heterocycles. The fourth-order valence-electron chi connectivity index (χ4n) is 2.37. The topological polar surface area (TPSA) is 9.23 Å². The van der Waals surface area contributed by atoms with Crippen molar-refractivity contribution >= 4 is 27.5 Å². The molecule has 2 rings (SSSR count). The summed E-state index contributed by atoms with van der Waals surface area (Å²) >= 11 is 9.52. The maximum atomic E-state index is 6.01. The van der Waals surface area contributed by atoms with Gasteiger partial charge in [-0.25, -0.2) is 0 Å². The highest BCUT2D eigenvalue weighted by molar-refractivity contribution is 9.09. The zero-order valence-electron chi connectivity index (χ0n) is 9.87. The molecule has 1 aromatic carbocycles. The van der Waals surface area contributed by atoms with Crippen LogP contribution >= 0.6 is 27.5 Å². The van der Waals surface area contributed by atoms with E-state index in [9.17, 15) is 0 Å². The van der Waals surface area contributed by atoms with Crippen LogP contribution in [0.25, 0.3) is 0 Å². The molecule has 1 atom stereocenters. The van der Waals surface area contributed by atoms with Crippen LogP contribution in [-0.4, -0.2) is 11.9 Å². The normalized spacial score (nSPS) is 18.5. The number of rotatable bonds is 5. The van der Waals surface area contributed by atoms with Gasteiger partial charge < -0.3 is 4.74 Å². The summed E-state index contributed by atoms with van der Waals surface area (Å²) < 4.78 is 6.01. The number of ether oxygens (including phenoxy) is 1. The first-order valence-electron chi connectivity index (χ1n) is 6.22. The predicted molar refractivity (Wildman–Crippen MR) is 75.9 cm³/mol. The summed E-state index contributed by atoms with van der Waals surface area (Å²) in [5.41, 5.74) is 1.16. The van der Waals surface area contributed by atoms with Gasteiger partial charge >= 0.3 is 0 Å². The number of hydrogen-bond donors (Lipinski definition) is 0. The van der Waals surface area contributed by atoms with Gasteiger partial charge in [0.15, 0.2) is 0 Å². The Morgan fingerprint density at radius 1 is 1.35 bits per heavy atom. The third-order valence-corrected chi connectivity index (χ3v) is 4.19. The Morgan fingerprint density at radius 3 is 2.76 bits per heavy atom. The smallest absolute Gasteiger partial charge is 0.0922 e. The molecule has 1 unspecified atom stereocenters. The van der Waals surface area contributed by atoms with E-state index >= 15 is 0 Å². The molecule has 1 fully saturated rings. The molecule has 1 aliphatic rings. The van der Waals surface area contributed by atoms with Crippen LogP contribution in [0.3, 0.4) is 0 Å². The van der Waals surface area contributed by atoms with Crippen molar-refractivity contribution in [1.82, 2.24) is 0 Å². The van der Waals surface area contributed by atoms with Crippen LogP contribution in [-0.2, 0) is 4.74 Å². The Kier molecular flexibility index (Phi) is 5.33. The van der Waals surface area contributed by atoms with Gasteiger partial charge in [-0.1, -0.05) is 52.5 Å². The zero-order chi connectivity index (χ0) is 12.1. The van der Waals surface area contributed by atoms with Crippen LogP contribution in [0.15, 0.2) is 24.3 Å². The van der Waals surface area contributed by atoms with E-state index in [0.29, 0.717) is 0 Å². The fourth-order valence-corrected chi connectivity index (χ4v) is 3.13. The number of alkyl halides is 1. The Balaban J connectivity index is 1.91. The van der Waals surface area contributed by atoms with Crippen molar-refractivity contribution in [3.8, 4) is 0 Å². The van der Waals surface area contributed by atoms with Gasteiger partial charge in [0.05, 0.1) is 12.7 Å². The van der Waals surface area contributed by atoms with E-state index in [0.717, 1.165) is 28.4 Å². The Labute approximate surface area is 117 Å². The lowest BCUT2D eigenvalue weighted by Crippen LogP contribution is -2.12. The van der Waals surface area contributed by atoms with Crippen molar-refractivity contribution in [1.29, 1.82) is 0 Å². The molecule has 3 heteroatoms. The molecule has 0 amide bonds. The summed E-state index contributed by atoms with van der Waals surface area (Å²) in [6.07, 6.45) is 5.50. The van der Waals surface area contributed by atoms with E-state index in [4.69, 9.17) is 16.3 Å². The van der Waals surface area contributed by atoms with Crippen molar-refractivity contribution in [2.24, 2.45) is 5.92 Å². The molecule has 0 spiro atoms. The van der Waals surface area contributed by atoms with Crippen LogP contribution in [0.1, 0.15) is 37.4 Å². The first-order chi connectivity index (χ1) is 8.29. The quantitative estimate of drug-likeness (QED) is 0.696. The van der Waals surface area contributed by atoms with Gasteiger partial charge in [0.25, 0.3) is 0 Å². The lowest BCUT2D eigenvalue weighted by molar-refractivity contribution is 0.0444. The van der Waals surface area contributed by atoms with Crippen molar-refractivity contribution < 1.29 is 4.74 Å². The van der Waals surface area contributed by atoms with Gasteiger partial charge in [-0.3, -0.25) is 0 Å². The van der Waals surface area contributed by atoms with E-state index in [2.05, 4.69) is 22.0 Å². The van der Waals surface area contributed by atoms with Crippen molar-refractivity contribution in [3.05, 3.63) is 34.9 Å². The molecule has 1 saturated carbocycles. The van der Waals surface area contributed by atoms with Crippen LogP contribution in [0.2, 0.25) is 5.02 Å². The third-order valence-electron chi connectivity index (χ3n) is 3.37. The Hall–Kier alpha value is -0.0500. The average molecular weight is 318 g/mol. The molecule has 1 aromatic rings. The largest absolute Gasteiger partial charge is 0.372 e. The highest BCUT2D eigenvalue weighted by Gasteiger charge is 2.18. The summed E-state index contributed by atoms with van der Waals surface area (Å²) in [4.78, 5) is 0. The van der Waals surface area contributed by atoms with Crippen LogP contribution < -0.4 is 0 Å². The van der Waals surface area contributed by atoms with E-state index in [1.54, 1.807) is 0 Å². The summed E-state index contributed by atoms with van der Waals surface area (Å²) in [5, 5.41) is 1.60. The van der Waals surface area contributed by atoms with Gasteiger partial charge in [-0.05, 0) is 36.5 Å². The number of hydrogen-bond acceptors (Lipinski definition) is 1. The predicted octanol–water partition coefficient (Wildman–Crippen LogP) is 4.98. The molecule has 94 valence electrons. The van der Waals surface area contributed by atoms with Gasteiger partial charge in [0, 0.05) is 10.4 Å². The average Bonchev–Trinajstić information content (AvgIpc) is 2.83. The van der Waals surface area contributed by atoms with Crippen LogP contribution in [0, 0.1) is 5.92 Å². The minimum atomic E-state index is 0.120. The molecule has 17 heavy (non-hydrogen) atoms. The second kappa shape index (κ2) is 6.77. The molecule has 1 aliphatic carbocycles. The standard InChI is InChI=1S/C14H18BrClO/c15-9-14(12-6-3-7-13(16)8-12)17-10-11-4-1-2-5-11/h3,6-8,11,14H,1-2,4-5,9-10H2. The van der Waals surface area contributed by atoms with E-state index in [1.165, 1.54) is 25.7 Å². The second-order valence-corrected chi connectivity index (χ2v) is 5.77. The minimum absolute atomic E-state index is 0.120. The SMILES string of the molecule is Clc1cccc(C(CBr)OCC2CCCC2)c1. The maximum absolute atomic E-state index is 6.01. The summed E-state index contributed by atoms with van der Waals surface area (Å²) in [7, 11) is 0. The molecule has 0 bridgehead atoms.